The average molecular weight is 464 g/mol. The van der Waals surface area contributed by atoms with Crippen LogP contribution in [-0.4, -0.2) is 28.5 Å². The van der Waals surface area contributed by atoms with Crippen molar-refractivity contribution in [1.82, 2.24) is 15.0 Å². The maximum Gasteiger partial charge on any atom is 0.420 e. The quantitative estimate of drug-likeness (QED) is 0.306. The van der Waals surface area contributed by atoms with E-state index in [9.17, 15) is 13.2 Å². The van der Waals surface area contributed by atoms with Crippen LogP contribution < -0.4 is 10.2 Å². The molecule has 0 saturated heterocycles. The molecule has 0 unspecified atom stereocenters. The highest BCUT2D eigenvalue weighted by Gasteiger charge is 2.35. The SMILES string of the molecule is CCCCCCCCN(C)c1ncc(Nc2nc(-c3cccnc3)cs2)cc1C(F)(F)F. The molecule has 1 N–H and O–H groups in total. The number of pyridine rings is 2. The van der Waals surface area contributed by atoms with Crippen molar-refractivity contribution in [3.05, 3.63) is 47.7 Å². The van der Waals surface area contributed by atoms with Gasteiger partial charge in [-0.1, -0.05) is 39.0 Å². The second-order valence-electron chi connectivity index (χ2n) is 7.69. The Morgan fingerprint density at radius 1 is 1.09 bits per heavy atom. The summed E-state index contributed by atoms with van der Waals surface area (Å²) in [4.78, 5) is 14.2. The summed E-state index contributed by atoms with van der Waals surface area (Å²) in [7, 11) is 1.66. The van der Waals surface area contributed by atoms with Gasteiger partial charge in [-0.3, -0.25) is 4.98 Å². The summed E-state index contributed by atoms with van der Waals surface area (Å²) in [6, 6.07) is 4.79. The van der Waals surface area contributed by atoms with E-state index in [1.54, 1.807) is 24.3 Å². The lowest BCUT2D eigenvalue weighted by Gasteiger charge is -2.23. The van der Waals surface area contributed by atoms with E-state index in [4.69, 9.17) is 0 Å². The molecule has 0 aliphatic heterocycles. The Labute approximate surface area is 190 Å². The molecule has 0 saturated carbocycles. The number of rotatable bonds is 11. The standard InChI is InChI=1S/C23H28F3N5S/c1-3-4-5-6-7-8-12-31(2)21-19(23(24,25)26)13-18(15-28-21)29-22-30-20(16-32-22)17-10-9-11-27-14-17/h9-11,13-16H,3-8,12H2,1-2H3,(H,29,30). The van der Waals surface area contributed by atoms with Gasteiger partial charge in [0.2, 0.25) is 0 Å². The summed E-state index contributed by atoms with van der Waals surface area (Å²) in [5.74, 6) is -0.0493. The van der Waals surface area contributed by atoms with E-state index < -0.39 is 11.7 Å². The minimum atomic E-state index is -4.50. The number of anilines is 3. The Morgan fingerprint density at radius 2 is 1.88 bits per heavy atom. The molecule has 3 heterocycles. The van der Waals surface area contributed by atoms with E-state index in [0.29, 0.717) is 17.4 Å². The van der Waals surface area contributed by atoms with Crippen LogP contribution in [0.3, 0.4) is 0 Å². The predicted octanol–water partition coefficient (Wildman–Crippen LogP) is 7.16. The van der Waals surface area contributed by atoms with Crippen LogP contribution in [-0.2, 0) is 6.18 Å². The Hall–Kier alpha value is -2.68. The molecule has 0 bridgehead atoms. The van der Waals surface area contributed by atoms with Gasteiger partial charge in [0, 0.05) is 36.9 Å². The van der Waals surface area contributed by atoms with Gasteiger partial charge in [-0.15, -0.1) is 11.3 Å². The van der Waals surface area contributed by atoms with Crippen molar-refractivity contribution in [1.29, 1.82) is 0 Å². The lowest BCUT2D eigenvalue weighted by Crippen LogP contribution is -2.24. The van der Waals surface area contributed by atoms with E-state index in [1.807, 2.05) is 17.5 Å². The third kappa shape index (κ3) is 6.66. The summed E-state index contributed by atoms with van der Waals surface area (Å²) in [5, 5.41) is 5.28. The molecule has 0 amide bonds. The van der Waals surface area contributed by atoms with Crippen LogP contribution in [0.1, 0.15) is 51.0 Å². The summed E-state index contributed by atoms with van der Waals surface area (Å²) in [5.41, 5.74) is 1.06. The highest BCUT2D eigenvalue weighted by Crippen LogP contribution is 2.37. The fourth-order valence-electron chi connectivity index (χ4n) is 3.38. The number of halogens is 3. The van der Waals surface area contributed by atoms with Gasteiger partial charge >= 0.3 is 6.18 Å². The fraction of sp³-hybridized carbons (Fsp3) is 0.435. The number of hydrogen-bond donors (Lipinski definition) is 1. The number of unbranched alkanes of at least 4 members (excludes halogenated alkanes) is 5. The van der Waals surface area contributed by atoms with Gasteiger partial charge < -0.3 is 10.2 Å². The highest BCUT2D eigenvalue weighted by atomic mass is 32.1. The maximum atomic E-state index is 13.8. The Morgan fingerprint density at radius 3 is 2.59 bits per heavy atom. The Kier molecular flexibility index (Phi) is 8.44. The molecule has 0 fully saturated rings. The number of aromatic nitrogens is 3. The highest BCUT2D eigenvalue weighted by molar-refractivity contribution is 7.14. The molecule has 9 heteroatoms. The van der Waals surface area contributed by atoms with E-state index in [1.165, 1.54) is 36.8 Å². The van der Waals surface area contributed by atoms with E-state index in [2.05, 4.69) is 27.2 Å². The normalized spacial score (nSPS) is 11.5. The molecular weight excluding hydrogens is 435 g/mol. The van der Waals surface area contributed by atoms with Gasteiger partial charge in [0.25, 0.3) is 0 Å². The molecule has 3 rings (SSSR count). The molecule has 3 aromatic rings. The van der Waals surface area contributed by atoms with E-state index in [0.717, 1.165) is 30.9 Å². The van der Waals surface area contributed by atoms with Crippen LogP contribution in [0.5, 0.6) is 0 Å². The van der Waals surface area contributed by atoms with Crippen LogP contribution in [0.4, 0.5) is 29.8 Å². The maximum absolute atomic E-state index is 13.8. The van der Waals surface area contributed by atoms with E-state index >= 15 is 0 Å². The first-order valence-corrected chi connectivity index (χ1v) is 11.7. The van der Waals surface area contributed by atoms with Crippen LogP contribution in [0.25, 0.3) is 11.3 Å². The van der Waals surface area contributed by atoms with Gasteiger partial charge in [0.05, 0.1) is 17.6 Å². The summed E-state index contributed by atoms with van der Waals surface area (Å²) < 4.78 is 41.3. The van der Waals surface area contributed by atoms with Crippen molar-refractivity contribution < 1.29 is 13.2 Å². The minimum absolute atomic E-state index is 0.0493. The zero-order valence-electron chi connectivity index (χ0n) is 18.3. The molecule has 5 nitrogen and oxygen atoms in total. The number of thiazole rings is 1. The molecular formula is C23H28F3N5S. The summed E-state index contributed by atoms with van der Waals surface area (Å²) in [6.07, 6.45) is 6.79. The first kappa shape index (κ1) is 24.0. The molecule has 0 radical (unpaired) electrons. The smallest absolute Gasteiger partial charge is 0.359 e. The van der Waals surface area contributed by atoms with Crippen LogP contribution in [0, 0.1) is 0 Å². The van der Waals surface area contributed by atoms with Crippen LogP contribution in [0.15, 0.2) is 42.2 Å². The van der Waals surface area contributed by atoms with Gasteiger partial charge in [-0.25, -0.2) is 9.97 Å². The molecule has 172 valence electrons. The molecule has 0 atom stereocenters. The molecule has 0 aliphatic carbocycles. The third-order valence-electron chi connectivity index (χ3n) is 5.09. The van der Waals surface area contributed by atoms with Crippen molar-refractivity contribution in [2.45, 2.75) is 51.6 Å². The summed E-state index contributed by atoms with van der Waals surface area (Å²) >= 11 is 1.31. The molecule has 3 aromatic heterocycles. The first-order valence-electron chi connectivity index (χ1n) is 10.8. The predicted molar refractivity (Wildman–Crippen MR) is 125 cm³/mol. The van der Waals surface area contributed by atoms with Gasteiger partial charge in [-0.2, -0.15) is 13.2 Å². The molecule has 32 heavy (non-hydrogen) atoms. The molecule has 0 spiro atoms. The Bertz CT molecular complexity index is 975. The van der Waals surface area contributed by atoms with Gasteiger partial charge in [0.15, 0.2) is 5.13 Å². The largest absolute Gasteiger partial charge is 0.420 e. The topological polar surface area (TPSA) is 53.9 Å². The van der Waals surface area contributed by atoms with Crippen molar-refractivity contribution in [3.63, 3.8) is 0 Å². The second-order valence-corrected chi connectivity index (χ2v) is 8.54. The number of nitrogens with zero attached hydrogens (tertiary/aromatic N) is 4. The second kappa shape index (κ2) is 11.3. The van der Waals surface area contributed by atoms with Crippen molar-refractivity contribution in [2.75, 3.05) is 23.8 Å². The number of hydrogen-bond acceptors (Lipinski definition) is 6. The first-order chi connectivity index (χ1) is 15.4. The molecule has 0 aliphatic rings. The van der Waals surface area contributed by atoms with Gasteiger partial charge in [-0.05, 0) is 24.6 Å². The van der Waals surface area contributed by atoms with E-state index in [-0.39, 0.29) is 11.5 Å². The third-order valence-corrected chi connectivity index (χ3v) is 5.85. The number of nitrogens with one attached hydrogen (secondary N) is 1. The Balaban J connectivity index is 1.69. The zero-order valence-corrected chi connectivity index (χ0v) is 19.1. The lowest BCUT2D eigenvalue weighted by atomic mass is 10.1. The average Bonchev–Trinajstić information content (AvgIpc) is 3.24. The van der Waals surface area contributed by atoms with Gasteiger partial charge in [0.1, 0.15) is 11.4 Å². The van der Waals surface area contributed by atoms with Crippen LogP contribution in [0.2, 0.25) is 0 Å². The minimum Gasteiger partial charge on any atom is -0.359 e. The van der Waals surface area contributed by atoms with Crippen molar-refractivity contribution >= 4 is 28.0 Å². The van der Waals surface area contributed by atoms with Crippen molar-refractivity contribution in [2.24, 2.45) is 0 Å². The number of alkyl halides is 3. The van der Waals surface area contributed by atoms with Crippen molar-refractivity contribution in [3.8, 4) is 11.3 Å². The molecule has 0 aromatic carbocycles. The monoisotopic (exact) mass is 463 g/mol. The zero-order chi connectivity index (χ0) is 23.0. The lowest BCUT2D eigenvalue weighted by molar-refractivity contribution is -0.137. The fourth-order valence-corrected chi connectivity index (χ4v) is 4.12. The summed E-state index contributed by atoms with van der Waals surface area (Å²) in [6.45, 7) is 2.70. The van der Waals surface area contributed by atoms with Crippen LogP contribution >= 0.6 is 11.3 Å².